The molecule has 0 bridgehead atoms. The summed E-state index contributed by atoms with van der Waals surface area (Å²) in [4.78, 5) is 2.26. The summed E-state index contributed by atoms with van der Waals surface area (Å²) in [6.45, 7) is 13.2. The summed E-state index contributed by atoms with van der Waals surface area (Å²) in [6, 6.07) is 13.0. The van der Waals surface area contributed by atoms with Gasteiger partial charge < -0.3 is 23.3 Å². The average molecular weight is 432 g/mol. The van der Waals surface area contributed by atoms with E-state index in [1.54, 1.807) is 12.1 Å². The molecule has 1 N–H and O–H groups in total. The lowest BCUT2D eigenvalue weighted by Crippen LogP contribution is -2.56. The topological polar surface area (TPSA) is 75.9 Å². The maximum Gasteiger partial charge on any atom is 0.537 e. The molecule has 0 fully saturated rings. The third kappa shape index (κ3) is 5.88. The predicted molar refractivity (Wildman–Crippen MR) is 123 cm³/mol. The number of hydrogen-bond donors (Lipinski definition) is 1. The van der Waals surface area contributed by atoms with Crippen molar-refractivity contribution >= 4 is 31.1 Å². The second kappa shape index (κ2) is 11.8. The van der Waals surface area contributed by atoms with Crippen LogP contribution in [0.2, 0.25) is 0 Å². The Balaban J connectivity index is 2.24. The van der Waals surface area contributed by atoms with Gasteiger partial charge in [0.1, 0.15) is 11.4 Å². The molecular formula is C22H33N3O4Si. The SMILES string of the molecule is CCO[Si](OCC)(OCC)c1ccc(N=Nc2ccc(N(CC)CC)cc2)c(O)c1. The van der Waals surface area contributed by atoms with Crippen molar-refractivity contribution in [2.24, 2.45) is 10.2 Å². The summed E-state index contributed by atoms with van der Waals surface area (Å²) >= 11 is 0. The monoisotopic (exact) mass is 431 g/mol. The van der Waals surface area contributed by atoms with Crippen molar-refractivity contribution in [2.75, 3.05) is 37.8 Å². The Morgan fingerprint density at radius 2 is 1.37 bits per heavy atom. The Morgan fingerprint density at radius 3 is 1.83 bits per heavy atom. The Bertz CT molecular complexity index is 794. The van der Waals surface area contributed by atoms with Gasteiger partial charge >= 0.3 is 8.80 Å². The maximum absolute atomic E-state index is 10.5. The van der Waals surface area contributed by atoms with Crippen LogP contribution >= 0.6 is 0 Å². The number of hydrogen-bond acceptors (Lipinski definition) is 7. The first kappa shape index (κ1) is 24.0. The van der Waals surface area contributed by atoms with Crippen molar-refractivity contribution in [2.45, 2.75) is 34.6 Å². The molecule has 2 rings (SSSR count). The van der Waals surface area contributed by atoms with Gasteiger partial charge in [0.05, 0.1) is 5.69 Å². The molecule has 0 unspecified atom stereocenters. The smallest absolute Gasteiger partial charge is 0.506 e. The highest BCUT2D eigenvalue weighted by molar-refractivity contribution is 6.75. The van der Waals surface area contributed by atoms with Crippen LogP contribution in [0.5, 0.6) is 5.75 Å². The van der Waals surface area contributed by atoms with Crippen molar-refractivity contribution in [3.63, 3.8) is 0 Å². The predicted octanol–water partition coefficient (Wildman–Crippen LogP) is 4.91. The van der Waals surface area contributed by atoms with Gasteiger partial charge in [-0.05, 0) is 71.0 Å². The molecule has 164 valence electrons. The molecule has 0 amide bonds. The first-order valence-electron chi connectivity index (χ1n) is 10.6. The second-order valence-electron chi connectivity index (χ2n) is 6.45. The zero-order valence-corrected chi connectivity index (χ0v) is 19.6. The molecule has 0 spiro atoms. The molecule has 7 nitrogen and oxygen atoms in total. The molecule has 0 atom stereocenters. The van der Waals surface area contributed by atoms with E-state index >= 15 is 0 Å². The second-order valence-corrected chi connectivity index (χ2v) is 9.00. The van der Waals surface area contributed by atoms with Crippen LogP contribution in [0.4, 0.5) is 17.1 Å². The van der Waals surface area contributed by atoms with Crippen molar-refractivity contribution in [3.05, 3.63) is 42.5 Å². The molecule has 0 heterocycles. The lowest BCUT2D eigenvalue weighted by atomic mass is 10.2. The highest BCUT2D eigenvalue weighted by atomic mass is 28.4. The van der Waals surface area contributed by atoms with E-state index in [4.69, 9.17) is 13.3 Å². The number of phenols is 1. The fourth-order valence-corrected chi connectivity index (χ4v) is 5.67. The molecule has 30 heavy (non-hydrogen) atoms. The molecule has 8 heteroatoms. The van der Waals surface area contributed by atoms with Crippen LogP contribution in [0.1, 0.15) is 34.6 Å². The number of aromatic hydroxyl groups is 1. The summed E-state index contributed by atoms with van der Waals surface area (Å²) in [5, 5.41) is 19.7. The van der Waals surface area contributed by atoms with Crippen molar-refractivity contribution < 1.29 is 18.4 Å². The zero-order valence-electron chi connectivity index (χ0n) is 18.6. The minimum absolute atomic E-state index is 0.00648. The minimum atomic E-state index is -3.07. The van der Waals surface area contributed by atoms with Crippen molar-refractivity contribution in [1.82, 2.24) is 0 Å². The van der Waals surface area contributed by atoms with E-state index in [2.05, 4.69) is 29.0 Å². The zero-order chi connectivity index (χ0) is 22.0. The van der Waals surface area contributed by atoms with Crippen LogP contribution in [-0.4, -0.2) is 46.8 Å². The molecule has 0 aromatic heterocycles. The average Bonchev–Trinajstić information content (AvgIpc) is 2.75. The van der Waals surface area contributed by atoms with Crippen LogP contribution in [0, 0.1) is 0 Å². The van der Waals surface area contributed by atoms with Gasteiger partial charge in [-0.25, -0.2) is 0 Å². The van der Waals surface area contributed by atoms with Gasteiger partial charge in [0, 0.05) is 43.8 Å². The van der Waals surface area contributed by atoms with Crippen LogP contribution in [0.25, 0.3) is 0 Å². The summed E-state index contributed by atoms with van der Waals surface area (Å²) in [6.07, 6.45) is 0. The number of rotatable bonds is 12. The number of phenolic OH excluding ortho intramolecular Hbond substituents is 1. The Morgan fingerprint density at radius 1 is 0.800 bits per heavy atom. The Labute approximate surface area is 180 Å². The fourth-order valence-electron chi connectivity index (χ4n) is 3.17. The van der Waals surface area contributed by atoms with E-state index in [-0.39, 0.29) is 5.75 Å². The van der Waals surface area contributed by atoms with E-state index in [0.29, 0.717) is 30.7 Å². The quantitative estimate of drug-likeness (QED) is 0.382. The summed E-state index contributed by atoms with van der Waals surface area (Å²) < 4.78 is 17.7. The number of benzene rings is 2. The van der Waals surface area contributed by atoms with Gasteiger partial charge in [-0.15, -0.1) is 5.11 Å². The highest BCUT2D eigenvalue weighted by Crippen LogP contribution is 2.29. The molecular weight excluding hydrogens is 398 g/mol. The number of azo groups is 1. The number of nitrogens with zero attached hydrogens (tertiary/aromatic N) is 3. The Hall–Kier alpha value is -2.26. The van der Waals surface area contributed by atoms with Gasteiger partial charge in [0.25, 0.3) is 0 Å². The van der Waals surface area contributed by atoms with Crippen LogP contribution in [0.15, 0.2) is 52.7 Å². The highest BCUT2D eigenvalue weighted by Gasteiger charge is 2.43. The molecule has 0 saturated heterocycles. The van der Waals surface area contributed by atoms with Crippen molar-refractivity contribution in [3.8, 4) is 5.75 Å². The van der Waals surface area contributed by atoms with Crippen molar-refractivity contribution in [1.29, 1.82) is 0 Å². The number of anilines is 1. The van der Waals surface area contributed by atoms with Crippen LogP contribution in [0.3, 0.4) is 0 Å². The summed E-state index contributed by atoms with van der Waals surface area (Å²) in [5.41, 5.74) is 2.24. The molecule has 0 aliphatic heterocycles. The Kier molecular flexibility index (Phi) is 9.45. The van der Waals surface area contributed by atoms with Gasteiger partial charge in [-0.2, -0.15) is 5.11 Å². The van der Waals surface area contributed by atoms with E-state index in [0.717, 1.165) is 24.5 Å². The first-order chi connectivity index (χ1) is 14.5. The molecule has 0 aliphatic rings. The fraction of sp³-hybridized carbons (Fsp3) is 0.455. The summed E-state index contributed by atoms with van der Waals surface area (Å²) in [7, 11) is -3.07. The third-order valence-electron chi connectivity index (χ3n) is 4.58. The maximum atomic E-state index is 10.5. The lowest BCUT2D eigenvalue weighted by Gasteiger charge is -2.28. The molecule has 0 radical (unpaired) electrons. The minimum Gasteiger partial charge on any atom is -0.506 e. The molecule has 0 saturated carbocycles. The van der Waals surface area contributed by atoms with E-state index in [1.807, 2.05) is 51.1 Å². The summed E-state index contributed by atoms with van der Waals surface area (Å²) in [5.74, 6) is 0.00648. The van der Waals surface area contributed by atoms with Crippen LogP contribution in [-0.2, 0) is 13.3 Å². The molecule has 2 aromatic rings. The normalized spacial score (nSPS) is 11.9. The van der Waals surface area contributed by atoms with Crippen LogP contribution < -0.4 is 10.1 Å². The van der Waals surface area contributed by atoms with Gasteiger partial charge in [-0.1, -0.05) is 6.07 Å². The van der Waals surface area contributed by atoms with Gasteiger partial charge in [0.2, 0.25) is 0 Å². The third-order valence-corrected chi connectivity index (χ3v) is 7.61. The first-order valence-corrected chi connectivity index (χ1v) is 12.3. The van der Waals surface area contributed by atoms with E-state index < -0.39 is 8.80 Å². The standard InChI is InChI=1S/C22H33N3O4Si/c1-6-25(7-2)19-13-11-18(12-14-19)23-24-21-16-15-20(17-22(21)26)30(27-8-3,28-9-4)29-10-5/h11-17,26H,6-10H2,1-5H3. The van der Waals surface area contributed by atoms with E-state index in [1.165, 1.54) is 0 Å². The largest absolute Gasteiger partial charge is 0.537 e. The molecule has 0 aliphatic carbocycles. The van der Waals surface area contributed by atoms with E-state index in [9.17, 15) is 5.11 Å². The van der Waals surface area contributed by atoms with Gasteiger partial charge in [0.15, 0.2) is 0 Å². The molecule has 2 aromatic carbocycles. The van der Waals surface area contributed by atoms with Gasteiger partial charge in [-0.3, -0.25) is 0 Å². The lowest BCUT2D eigenvalue weighted by molar-refractivity contribution is 0.0858.